The zero-order valence-corrected chi connectivity index (χ0v) is 14.1. The second kappa shape index (κ2) is 6.27. The molecule has 0 fully saturated rings. The van der Waals surface area contributed by atoms with Crippen molar-refractivity contribution in [2.45, 2.75) is 25.0 Å². The molecule has 0 aliphatic rings. The van der Waals surface area contributed by atoms with E-state index in [1.165, 1.54) is 6.07 Å². The zero-order chi connectivity index (χ0) is 17.4. The van der Waals surface area contributed by atoms with Crippen LogP contribution in [-0.2, 0) is 20.3 Å². The minimum absolute atomic E-state index is 0.278. The summed E-state index contributed by atoms with van der Waals surface area (Å²) in [5, 5.41) is 0.601. The first kappa shape index (κ1) is 17.4. The van der Waals surface area contributed by atoms with Crippen molar-refractivity contribution in [3.63, 3.8) is 0 Å². The van der Waals surface area contributed by atoms with Crippen LogP contribution in [0.15, 0.2) is 29.6 Å². The standard InChI is InChI=1S/C13H11F3N4S.C2H6/c1-19-6-17-10(12(19)21)11-18-8-5-7(13(14,15)16)3-4-9(8)20(11)2;1-2/h3-6,21H,1-2H3;1-2H3. The Labute approximate surface area is 137 Å². The molecule has 2 aromatic heterocycles. The monoisotopic (exact) mass is 342 g/mol. The molecule has 0 saturated heterocycles. The van der Waals surface area contributed by atoms with Crippen LogP contribution in [0.25, 0.3) is 22.6 Å². The van der Waals surface area contributed by atoms with Gasteiger partial charge >= 0.3 is 6.18 Å². The van der Waals surface area contributed by atoms with Crippen LogP contribution in [-0.4, -0.2) is 19.1 Å². The fourth-order valence-electron chi connectivity index (χ4n) is 2.17. The third-order valence-corrected chi connectivity index (χ3v) is 3.85. The van der Waals surface area contributed by atoms with Crippen LogP contribution in [0.3, 0.4) is 0 Å². The van der Waals surface area contributed by atoms with Gasteiger partial charge < -0.3 is 9.13 Å². The van der Waals surface area contributed by atoms with Crippen molar-refractivity contribution in [2.75, 3.05) is 0 Å². The molecule has 4 nitrogen and oxygen atoms in total. The third-order valence-electron chi connectivity index (χ3n) is 3.33. The summed E-state index contributed by atoms with van der Waals surface area (Å²) in [5.41, 5.74) is 0.706. The van der Waals surface area contributed by atoms with Gasteiger partial charge in [-0.3, -0.25) is 0 Å². The van der Waals surface area contributed by atoms with Gasteiger partial charge in [0.25, 0.3) is 0 Å². The highest BCUT2D eigenvalue weighted by molar-refractivity contribution is 7.80. The van der Waals surface area contributed by atoms with Crippen molar-refractivity contribution < 1.29 is 13.2 Å². The molecule has 8 heteroatoms. The van der Waals surface area contributed by atoms with Crippen LogP contribution >= 0.6 is 12.6 Å². The molecule has 0 saturated carbocycles. The van der Waals surface area contributed by atoms with Gasteiger partial charge in [0.15, 0.2) is 5.82 Å². The van der Waals surface area contributed by atoms with Crippen molar-refractivity contribution in [1.82, 2.24) is 19.1 Å². The minimum Gasteiger partial charge on any atom is -0.329 e. The van der Waals surface area contributed by atoms with Crippen LogP contribution < -0.4 is 0 Å². The summed E-state index contributed by atoms with van der Waals surface area (Å²) in [6.45, 7) is 4.00. The number of hydrogen-bond donors (Lipinski definition) is 1. The highest BCUT2D eigenvalue weighted by Crippen LogP contribution is 2.33. The van der Waals surface area contributed by atoms with Gasteiger partial charge in [-0.25, -0.2) is 9.97 Å². The fourth-order valence-corrected chi connectivity index (χ4v) is 2.38. The number of aromatic nitrogens is 4. The Hall–Kier alpha value is -1.96. The molecule has 2 heterocycles. The highest BCUT2D eigenvalue weighted by Gasteiger charge is 2.31. The largest absolute Gasteiger partial charge is 0.416 e. The van der Waals surface area contributed by atoms with Gasteiger partial charge in [-0.2, -0.15) is 13.2 Å². The van der Waals surface area contributed by atoms with E-state index >= 15 is 0 Å². The van der Waals surface area contributed by atoms with E-state index in [-0.39, 0.29) is 5.52 Å². The number of fused-ring (bicyclic) bond motifs is 1. The van der Waals surface area contributed by atoms with E-state index in [4.69, 9.17) is 0 Å². The molecule has 0 aliphatic heterocycles. The summed E-state index contributed by atoms with van der Waals surface area (Å²) in [6.07, 6.45) is -2.80. The molecular formula is C15H17F3N4S. The quantitative estimate of drug-likeness (QED) is 0.669. The van der Waals surface area contributed by atoms with E-state index in [0.717, 1.165) is 12.1 Å². The first-order chi connectivity index (χ1) is 10.8. The van der Waals surface area contributed by atoms with Crippen molar-refractivity contribution in [3.8, 4) is 11.5 Å². The predicted molar refractivity (Wildman–Crippen MR) is 86.5 cm³/mol. The van der Waals surface area contributed by atoms with Crippen molar-refractivity contribution in [1.29, 1.82) is 0 Å². The van der Waals surface area contributed by atoms with E-state index in [9.17, 15) is 13.2 Å². The molecule has 1 aromatic carbocycles. The normalized spacial score (nSPS) is 11.5. The van der Waals surface area contributed by atoms with Crippen molar-refractivity contribution in [3.05, 3.63) is 30.1 Å². The smallest absolute Gasteiger partial charge is 0.329 e. The highest BCUT2D eigenvalue weighted by atomic mass is 32.1. The number of benzene rings is 1. The van der Waals surface area contributed by atoms with Crippen LogP contribution in [0.4, 0.5) is 13.2 Å². The van der Waals surface area contributed by atoms with Gasteiger partial charge in [-0.1, -0.05) is 13.8 Å². The fraction of sp³-hybridized carbons (Fsp3) is 0.333. The first-order valence-electron chi connectivity index (χ1n) is 7.03. The molecule has 3 aromatic rings. The zero-order valence-electron chi connectivity index (χ0n) is 13.2. The van der Waals surface area contributed by atoms with Gasteiger partial charge in [0.05, 0.1) is 22.9 Å². The van der Waals surface area contributed by atoms with Gasteiger partial charge in [0.1, 0.15) is 10.7 Å². The maximum absolute atomic E-state index is 12.8. The lowest BCUT2D eigenvalue weighted by Gasteiger charge is -2.05. The van der Waals surface area contributed by atoms with Crippen LogP contribution in [0.2, 0.25) is 0 Å². The second-order valence-electron chi connectivity index (χ2n) is 4.72. The maximum atomic E-state index is 12.8. The van der Waals surface area contributed by atoms with Crippen molar-refractivity contribution >= 4 is 23.7 Å². The number of nitrogens with zero attached hydrogens (tertiary/aromatic N) is 4. The summed E-state index contributed by atoms with van der Waals surface area (Å²) < 4.78 is 41.7. The molecule has 3 rings (SSSR count). The molecular weight excluding hydrogens is 325 g/mol. The lowest BCUT2D eigenvalue weighted by atomic mass is 10.2. The van der Waals surface area contributed by atoms with E-state index < -0.39 is 11.7 Å². The van der Waals surface area contributed by atoms with Gasteiger partial charge in [-0.05, 0) is 18.2 Å². The van der Waals surface area contributed by atoms with Gasteiger partial charge in [0.2, 0.25) is 0 Å². The Morgan fingerprint density at radius 2 is 1.78 bits per heavy atom. The topological polar surface area (TPSA) is 35.6 Å². The average molecular weight is 342 g/mol. The van der Waals surface area contributed by atoms with Gasteiger partial charge in [0, 0.05) is 14.1 Å². The molecule has 124 valence electrons. The molecule has 0 radical (unpaired) electrons. The number of aryl methyl sites for hydroxylation is 2. The van der Waals surface area contributed by atoms with Crippen LogP contribution in [0.1, 0.15) is 19.4 Å². The first-order valence-corrected chi connectivity index (χ1v) is 7.48. The number of halogens is 3. The molecule has 23 heavy (non-hydrogen) atoms. The van der Waals surface area contributed by atoms with Crippen LogP contribution in [0.5, 0.6) is 0 Å². The number of alkyl halides is 3. The molecule has 0 aliphatic carbocycles. The number of imidazole rings is 2. The lowest BCUT2D eigenvalue weighted by molar-refractivity contribution is -0.137. The van der Waals surface area contributed by atoms with E-state index in [1.807, 2.05) is 13.8 Å². The van der Waals surface area contributed by atoms with E-state index in [2.05, 4.69) is 22.6 Å². The second-order valence-corrected chi connectivity index (χ2v) is 5.15. The predicted octanol–water partition coefficient (Wildman–Crippen LogP) is 4.31. The SMILES string of the molecule is CC.Cn1cnc(-c2nc3cc(C(F)(F)F)ccc3n2C)c1S. The maximum Gasteiger partial charge on any atom is 0.416 e. The summed E-state index contributed by atoms with van der Waals surface area (Å²) >= 11 is 4.34. The van der Waals surface area contributed by atoms with E-state index in [0.29, 0.717) is 22.1 Å². The number of hydrogen-bond acceptors (Lipinski definition) is 3. The molecule has 0 bridgehead atoms. The lowest BCUT2D eigenvalue weighted by Crippen LogP contribution is -2.04. The summed E-state index contributed by atoms with van der Waals surface area (Å²) in [6, 6.07) is 3.50. The number of thiol groups is 1. The van der Waals surface area contributed by atoms with E-state index in [1.54, 1.807) is 29.6 Å². The Bertz CT molecular complexity index is 833. The molecule has 0 atom stereocenters. The molecule has 0 N–H and O–H groups in total. The van der Waals surface area contributed by atoms with Crippen LogP contribution in [0, 0.1) is 0 Å². The Balaban J connectivity index is 0.000000924. The van der Waals surface area contributed by atoms with Gasteiger partial charge in [-0.15, -0.1) is 12.6 Å². The molecule has 0 amide bonds. The Kier molecular flexibility index (Phi) is 4.74. The molecule has 0 unspecified atom stereocenters. The van der Waals surface area contributed by atoms with Crippen molar-refractivity contribution in [2.24, 2.45) is 14.1 Å². The minimum atomic E-state index is -4.38. The molecule has 0 spiro atoms. The Morgan fingerprint density at radius 1 is 1.13 bits per heavy atom. The third kappa shape index (κ3) is 3.08. The Morgan fingerprint density at radius 3 is 2.30 bits per heavy atom. The summed E-state index contributed by atoms with van der Waals surface area (Å²) in [5.74, 6) is 0.481. The summed E-state index contributed by atoms with van der Waals surface area (Å²) in [7, 11) is 3.52. The summed E-state index contributed by atoms with van der Waals surface area (Å²) in [4.78, 5) is 8.46. The number of rotatable bonds is 1. The average Bonchev–Trinajstić information content (AvgIpc) is 3.01.